The van der Waals surface area contributed by atoms with E-state index in [2.05, 4.69) is 5.32 Å². The minimum atomic E-state index is -2.43. The minimum Gasteiger partial charge on any atom is -0.394 e. The standard InChI is InChI=1S/C21H31NO11/c1-11(25)22-21(29)19(33-16-7-13(26)17(27)14(8-23)31-16)18(28)15(9-24)32-20(21)30-10-12-5-3-2-4-6-12/h2-6,13-20,23-24,26-29H,7-10H2,1H3,(H,22,25)/t13-,14-,15-,16+,17-,18+,19+,20+,21-/m1/s1. The number of carbonyl (C=O) groups excluding carboxylic acids is 1. The van der Waals surface area contributed by atoms with Crippen molar-refractivity contribution in [3.63, 3.8) is 0 Å². The van der Waals surface area contributed by atoms with Crippen molar-refractivity contribution >= 4 is 5.91 Å². The number of amides is 1. The lowest BCUT2D eigenvalue weighted by Crippen LogP contribution is -2.75. The van der Waals surface area contributed by atoms with Gasteiger partial charge >= 0.3 is 0 Å². The summed E-state index contributed by atoms with van der Waals surface area (Å²) >= 11 is 0. The highest BCUT2D eigenvalue weighted by molar-refractivity contribution is 5.73. The molecule has 33 heavy (non-hydrogen) atoms. The van der Waals surface area contributed by atoms with E-state index in [1.54, 1.807) is 24.3 Å². The SMILES string of the molecule is CC(=O)N[C@]1(O)[C@@H](OCc2ccccc2)O[C@H](CO)[C@H](O)[C@@H]1O[C@H]1C[C@@H](O)[C@@H](O)[C@@H](CO)O1. The molecule has 2 aliphatic heterocycles. The maximum Gasteiger partial charge on any atom is 0.219 e. The third-order valence-corrected chi connectivity index (χ3v) is 5.60. The monoisotopic (exact) mass is 473 g/mol. The maximum absolute atomic E-state index is 11.9. The van der Waals surface area contributed by atoms with Gasteiger partial charge in [0, 0.05) is 13.3 Å². The molecule has 0 unspecified atom stereocenters. The number of nitrogens with one attached hydrogen (secondary N) is 1. The van der Waals surface area contributed by atoms with Crippen LogP contribution in [0.1, 0.15) is 18.9 Å². The Balaban J connectivity index is 1.86. The van der Waals surface area contributed by atoms with Gasteiger partial charge in [0.2, 0.25) is 17.9 Å². The Morgan fingerprint density at radius 1 is 1.09 bits per heavy atom. The molecule has 2 aliphatic rings. The second-order valence-electron chi connectivity index (χ2n) is 8.12. The second-order valence-corrected chi connectivity index (χ2v) is 8.12. The van der Waals surface area contributed by atoms with E-state index in [4.69, 9.17) is 18.9 Å². The second kappa shape index (κ2) is 11.1. The van der Waals surface area contributed by atoms with Crippen LogP contribution < -0.4 is 5.32 Å². The molecule has 2 fully saturated rings. The summed E-state index contributed by atoms with van der Waals surface area (Å²) in [6.07, 6.45) is -11.5. The highest BCUT2D eigenvalue weighted by Crippen LogP contribution is 2.34. The molecule has 186 valence electrons. The molecule has 1 amide bonds. The third kappa shape index (κ3) is 5.87. The van der Waals surface area contributed by atoms with Gasteiger partial charge in [0.25, 0.3) is 0 Å². The average Bonchev–Trinajstić information content (AvgIpc) is 2.78. The van der Waals surface area contributed by atoms with Gasteiger partial charge in [0.15, 0.2) is 6.29 Å². The highest BCUT2D eigenvalue weighted by Gasteiger charge is 2.59. The Morgan fingerprint density at radius 3 is 2.33 bits per heavy atom. The zero-order valence-corrected chi connectivity index (χ0v) is 18.1. The van der Waals surface area contributed by atoms with Crippen molar-refractivity contribution in [2.24, 2.45) is 0 Å². The first kappa shape index (κ1) is 25.9. The molecule has 12 nitrogen and oxygen atoms in total. The summed E-state index contributed by atoms with van der Waals surface area (Å²) in [5, 5.41) is 63.6. The van der Waals surface area contributed by atoms with Crippen molar-refractivity contribution in [3.05, 3.63) is 35.9 Å². The number of hydrogen-bond donors (Lipinski definition) is 7. The fourth-order valence-corrected chi connectivity index (χ4v) is 3.91. The average molecular weight is 473 g/mol. The van der Waals surface area contributed by atoms with Crippen LogP contribution in [0.4, 0.5) is 0 Å². The molecule has 0 saturated carbocycles. The Morgan fingerprint density at radius 2 is 1.73 bits per heavy atom. The molecule has 0 spiro atoms. The van der Waals surface area contributed by atoms with Crippen LogP contribution in [0.25, 0.3) is 0 Å². The van der Waals surface area contributed by atoms with E-state index in [9.17, 15) is 35.4 Å². The van der Waals surface area contributed by atoms with Crippen LogP contribution in [0.2, 0.25) is 0 Å². The van der Waals surface area contributed by atoms with Crippen LogP contribution in [0.3, 0.4) is 0 Å². The molecule has 2 saturated heterocycles. The zero-order chi connectivity index (χ0) is 24.2. The highest BCUT2D eigenvalue weighted by atomic mass is 16.7. The summed E-state index contributed by atoms with van der Waals surface area (Å²) in [5.74, 6) is -0.689. The first-order chi connectivity index (χ1) is 15.7. The first-order valence-electron chi connectivity index (χ1n) is 10.6. The van der Waals surface area contributed by atoms with Crippen molar-refractivity contribution in [1.82, 2.24) is 5.32 Å². The summed E-state index contributed by atoms with van der Waals surface area (Å²) in [4.78, 5) is 11.9. The largest absolute Gasteiger partial charge is 0.394 e. The number of carbonyl (C=O) groups is 1. The fourth-order valence-electron chi connectivity index (χ4n) is 3.91. The maximum atomic E-state index is 11.9. The number of benzene rings is 1. The van der Waals surface area contributed by atoms with Crippen molar-refractivity contribution in [1.29, 1.82) is 0 Å². The molecule has 0 aromatic heterocycles. The molecule has 2 heterocycles. The molecule has 0 bridgehead atoms. The van der Waals surface area contributed by atoms with E-state index in [1.165, 1.54) is 0 Å². The number of hydrogen-bond acceptors (Lipinski definition) is 11. The minimum absolute atomic E-state index is 0.0359. The van der Waals surface area contributed by atoms with Gasteiger partial charge in [-0.2, -0.15) is 0 Å². The molecule has 12 heteroatoms. The number of aliphatic hydroxyl groups excluding tert-OH is 5. The van der Waals surface area contributed by atoms with Crippen LogP contribution in [0.5, 0.6) is 0 Å². The molecular formula is C21H31NO11. The van der Waals surface area contributed by atoms with Crippen LogP contribution in [0.15, 0.2) is 30.3 Å². The van der Waals surface area contributed by atoms with E-state index in [1.807, 2.05) is 6.07 Å². The van der Waals surface area contributed by atoms with Gasteiger partial charge in [-0.05, 0) is 5.56 Å². The molecule has 0 radical (unpaired) electrons. The van der Waals surface area contributed by atoms with E-state index in [0.29, 0.717) is 0 Å². The molecule has 1 aromatic rings. The Kier molecular flexibility index (Phi) is 8.75. The normalized spacial score (nSPS) is 39.2. The van der Waals surface area contributed by atoms with Gasteiger partial charge in [-0.1, -0.05) is 30.3 Å². The summed E-state index contributed by atoms with van der Waals surface area (Å²) in [6.45, 7) is -0.181. The van der Waals surface area contributed by atoms with E-state index >= 15 is 0 Å². The van der Waals surface area contributed by atoms with E-state index in [-0.39, 0.29) is 13.0 Å². The van der Waals surface area contributed by atoms with Crippen molar-refractivity contribution in [2.75, 3.05) is 13.2 Å². The summed E-state index contributed by atoms with van der Waals surface area (Å²) in [6, 6.07) is 8.91. The van der Waals surface area contributed by atoms with Gasteiger partial charge in [-0.25, -0.2) is 0 Å². The van der Waals surface area contributed by atoms with Gasteiger partial charge in [-0.3, -0.25) is 4.79 Å². The van der Waals surface area contributed by atoms with Gasteiger partial charge < -0.3 is 54.9 Å². The molecule has 7 N–H and O–H groups in total. The zero-order valence-electron chi connectivity index (χ0n) is 18.1. The predicted octanol–water partition coefficient (Wildman–Crippen LogP) is -2.68. The van der Waals surface area contributed by atoms with Crippen molar-refractivity contribution in [2.45, 2.75) is 74.9 Å². The van der Waals surface area contributed by atoms with Gasteiger partial charge in [-0.15, -0.1) is 0 Å². The van der Waals surface area contributed by atoms with Gasteiger partial charge in [0.05, 0.1) is 25.9 Å². The predicted molar refractivity (Wildman–Crippen MR) is 109 cm³/mol. The summed E-state index contributed by atoms with van der Waals surface area (Å²) in [5.41, 5.74) is -1.70. The number of rotatable bonds is 8. The molecular weight excluding hydrogens is 442 g/mol. The van der Waals surface area contributed by atoms with Crippen molar-refractivity contribution < 1.29 is 54.4 Å². The molecule has 9 atom stereocenters. The van der Waals surface area contributed by atoms with E-state index < -0.39 is 74.0 Å². The van der Waals surface area contributed by atoms with E-state index in [0.717, 1.165) is 12.5 Å². The Hall–Kier alpha value is -1.71. The van der Waals surface area contributed by atoms with Crippen LogP contribution in [-0.2, 0) is 30.3 Å². The lowest BCUT2D eigenvalue weighted by Gasteiger charge is -2.50. The fraction of sp³-hybridized carbons (Fsp3) is 0.667. The quantitative estimate of drug-likeness (QED) is 0.195. The molecule has 3 rings (SSSR count). The summed E-state index contributed by atoms with van der Waals surface area (Å²) < 4.78 is 22.4. The van der Waals surface area contributed by atoms with Crippen LogP contribution >= 0.6 is 0 Å². The smallest absolute Gasteiger partial charge is 0.219 e. The topological polar surface area (TPSA) is 187 Å². The first-order valence-corrected chi connectivity index (χ1v) is 10.6. The lowest BCUT2D eigenvalue weighted by atomic mass is 9.92. The molecule has 0 aliphatic carbocycles. The number of aliphatic hydroxyl groups is 6. The molecule has 1 aromatic carbocycles. The third-order valence-electron chi connectivity index (χ3n) is 5.60. The van der Waals surface area contributed by atoms with Gasteiger partial charge in [0.1, 0.15) is 30.5 Å². The van der Waals surface area contributed by atoms with Crippen LogP contribution in [-0.4, -0.2) is 105 Å². The lowest BCUT2D eigenvalue weighted by molar-refractivity contribution is -0.381. The van der Waals surface area contributed by atoms with Crippen LogP contribution in [0, 0.1) is 0 Å². The Bertz CT molecular complexity index is 768. The van der Waals surface area contributed by atoms with Crippen molar-refractivity contribution in [3.8, 4) is 0 Å². The Labute approximate surface area is 190 Å². The summed E-state index contributed by atoms with van der Waals surface area (Å²) in [7, 11) is 0. The number of ether oxygens (including phenoxy) is 4.